The average molecular weight is 291 g/mol. The third-order valence-corrected chi connectivity index (χ3v) is 2.67. The van der Waals surface area contributed by atoms with Crippen LogP contribution < -0.4 is 4.74 Å². The largest absolute Gasteiger partial charge is 0.466 e. The first-order valence-electron chi connectivity index (χ1n) is 5.35. The van der Waals surface area contributed by atoms with Crippen LogP contribution in [-0.4, -0.2) is 19.7 Å². The van der Waals surface area contributed by atoms with Gasteiger partial charge in [-0.2, -0.15) is 8.78 Å². The molecule has 6 heteroatoms. The normalized spacial score (nSPS) is 10.4. The Kier molecular flexibility index (Phi) is 5.30. The van der Waals surface area contributed by atoms with E-state index in [1.54, 1.807) is 13.0 Å². The minimum absolute atomic E-state index is 0.0629. The van der Waals surface area contributed by atoms with E-state index in [0.717, 1.165) is 0 Å². The number of hydrogen-bond acceptors (Lipinski definition) is 3. The predicted molar refractivity (Wildman–Crippen MR) is 67.7 cm³/mol. The number of carbonyl (C=O) groups excluding carboxylic acids is 1. The molecule has 0 aromatic heterocycles. The maximum atomic E-state index is 12.2. The van der Waals surface area contributed by atoms with Gasteiger partial charge in [-0.05, 0) is 24.1 Å². The molecule has 0 bridgehead atoms. The molecule has 19 heavy (non-hydrogen) atoms. The maximum absolute atomic E-state index is 12.2. The van der Waals surface area contributed by atoms with E-state index in [1.165, 1.54) is 13.2 Å². The summed E-state index contributed by atoms with van der Waals surface area (Å²) < 4.78 is 33.2. The van der Waals surface area contributed by atoms with E-state index in [-0.39, 0.29) is 22.8 Å². The van der Waals surface area contributed by atoms with Crippen LogP contribution in [0.25, 0.3) is 0 Å². The third-order valence-electron chi connectivity index (χ3n) is 2.39. The molecule has 0 unspecified atom stereocenters. The van der Waals surface area contributed by atoms with Crippen molar-refractivity contribution in [3.05, 3.63) is 40.4 Å². The Balaban J connectivity index is 2.95. The first-order valence-corrected chi connectivity index (χ1v) is 5.73. The standard InChI is InChI=1S/C13H13ClF2O3/c1-7-4-9(5-8(2)12(17)18-3)6-10(14)11(7)19-13(15)16/h4,6,13H,2,5H2,1,3H3. The lowest BCUT2D eigenvalue weighted by Crippen LogP contribution is -2.07. The number of halogens is 3. The first kappa shape index (κ1) is 15.4. The Morgan fingerprint density at radius 3 is 2.58 bits per heavy atom. The number of hydrogen-bond donors (Lipinski definition) is 0. The van der Waals surface area contributed by atoms with Gasteiger partial charge in [-0.25, -0.2) is 4.79 Å². The number of alkyl halides is 2. The van der Waals surface area contributed by atoms with Crippen LogP contribution in [0.2, 0.25) is 5.02 Å². The van der Waals surface area contributed by atoms with Crippen molar-refractivity contribution in [2.45, 2.75) is 20.0 Å². The van der Waals surface area contributed by atoms with Gasteiger partial charge in [0.25, 0.3) is 0 Å². The fourth-order valence-corrected chi connectivity index (χ4v) is 1.94. The highest BCUT2D eigenvalue weighted by Gasteiger charge is 2.14. The fourth-order valence-electron chi connectivity index (χ4n) is 1.61. The van der Waals surface area contributed by atoms with Crippen molar-refractivity contribution in [2.24, 2.45) is 0 Å². The lowest BCUT2D eigenvalue weighted by atomic mass is 10.0. The zero-order valence-electron chi connectivity index (χ0n) is 10.5. The van der Waals surface area contributed by atoms with Gasteiger partial charge in [-0.15, -0.1) is 0 Å². The first-order chi connectivity index (χ1) is 8.85. The molecular formula is C13H13ClF2O3. The average Bonchev–Trinajstić information content (AvgIpc) is 2.32. The van der Waals surface area contributed by atoms with E-state index in [1.807, 2.05) is 0 Å². The van der Waals surface area contributed by atoms with E-state index >= 15 is 0 Å². The molecule has 0 N–H and O–H groups in total. The molecule has 0 aliphatic rings. The van der Waals surface area contributed by atoms with Crippen molar-refractivity contribution in [3.63, 3.8) is 0 Å². The zero-order chi connectivity index (χ0) is 14.6. The number of benzene rings is 1. The molecule has 0 aliphatic carbocycles. The highest BCUT2D eigenvalue weighted by Crippen LogP contribution is 2.31. The molecule has 104 valence electrons. The summed E-state index contributed by atoms with van der Waals surface area (Å²) in [5.74, 6) is -0.592. The number of aryl methyl sites for hydroxylation is 1. The van der Waals surface area contributed by atoms with Crippen LogP contribution in [-0.2, 0) is 16.0 Å². The van der Waals surface area contributed by atoms with Gasteiger partial charge in [0.1, 0.15) is 5.75 Å². The minimum Gasteiger partial charge on any atom is -0.466 e. The Hall–Kier alpha value is -1.62. The molecular weight excluding hydrogens is 278 g/mol. The van der Waals surface area contributed by atoms with Crippen LogP contribution in [0.1, 0.15) is 11.1 Å². The number of ether oxygens (including phenoxy) is 2. The summed E-state index contributed by atoms with van der Waals surface area (Å²) in [7, 11) is 1.26. The molecule has 0 saturated heterocycles. The molecule has 1 rings (SSSR count). The molecule has 0 fully saturated rings. The molecule has 0 aliphatic heterocycles. The van der Waals surface area contributed by atoms with Crippen LogP contribution >= 0.6 is 11.6 Å². The van der Waals surface area contributed by atoms with Crippen LogP contribution in [0.15, 0.2) is 24.3 Å². The zero-order valence-corrected chi connectivity index (χ0v) is 11.3. The second-order valence-corrected chi connectivity index (χ2v) is 4.28. The van der Waals surface area contributed by atoms with Crippen molar-refractivity contribution in [1.29, 1.82) is 0 Å². The van der Waals surface area contributed by atoms with Crippen molar-refractivity contribution in [3.8, 4) is 5.75 Å². The smallest absolute Gasteiger partial charge is 0.387 e. The molecule has 0 heterocycles. The Morgan fingerprint density at radius 2 is 2.11 bits per heavy atom. The molecule has 1 aromatic carbocycles. The lowest BCUT2D eigenvalue weighted by molar-refractivity contribution is -0.136. The summed E-state index contributed by atoms with van der Waals surface area (Å²) in [5.41, 5.74) is 1.38. The molecule has 0 saturated carbocycles. The molecule has 0 spiro atoms. The number of esters is 1. The second-order valence-electron chi connectivity index (χ2n) is 3.87. The van der Waals surface area contributed by atoms with Gasteiger partial charge < -0.3 is 9.47 Å². The lowest BCUT2D eigenvalue weighted by Gasteiger charge is -2.12. The second kappa shape index (κ2) is 6.52. The highest BCUT2D eigenvalue weighted by atomic mass is 35.5. The Bertz CT molecular complexity index is 478. The summed E-state index contributed by atoms with van der Waals surface area (Å²) in [6, 6.07) is 3.07. The van der Waals surface area contributed by atoms with Gasteiger partial charge in [0.05, 0.1) is 12.1 Å². The van der Waals surface area contributed by atoms with Crippen molar-refractivity contribution >= 4 is 17.6 Å². The topological polar surface area (TPSA) is 35.5 Å². The Labute approximate surface area is 114 Å². The van der Waals surface area contributed by atoms with E-state index < -0.39 is 12.6 Å². The van der Waals surface area contributed by atoms with Crippen molar-refractivity contribution in [2.75, 3.05) is 7.11 Å². The van der Waals surface area contributed by atoms with E-state index in [4.69, 9.17) is 11.6 Å². The predicted octanol–water partition coefficient (Wildman–Crippen LogP) is 3.52. The van der Waals surface area contributed by atoms with Crippen molar-refractivity contribution in [1.82, 2.24) is 0 Å². The SMILES string of the molecule is C=C(Cc1cc(C)c(OC(F)F)c(Cl)c1)C(=O)OC. The van der Waals surface area contributed by atoms with E-state index in [0.29, 0.717) is 11.1 Å². The summed E-state index contributed by atoms with van der Waals surface area (Å²) in [5, 5.41) is 0.0629. The van der Waals surface area contributed by atoms with Crippen LogP contribution in [0.5, 0.6) is 5.75 Å². The van der Waals surface area contributed by atoms with Gasteiger partial charge in [0.15, 0.2) is 0 Å². The minimum atomic E-state index is -2.94. The van der Waals surface area contributed by atoms with Gasteiger partial charge in [0, 0.05) is 12.0 Å². The van der Waals surface area contributed by atoms with Gasteiger partial charge >= 0.3 is 12.6 Å². The fraction of sp³-hybridized carbons (Fsp3) is 0.308. The van der Waals surface area contributed by atoms with Crippen molar-refractivity contribution < 1.29 is 23.0 Å². The van der Waals surface area contributed by atoms with Gasteiger partial charge in [-0.1, -0.05) is 24.2 Å². The molecule has 0 atom stereocenters. The maximum Gasteiger partial charge on any atom is 0.387 e. The van der Waals surface area contributed by atoms with E-state index in [9.17, 15) is 13.6 Å². The summed E-state index contributed by atoms with van der Waals surface area (Å²) in [6.07, 6.45) is 0.224. The highest BCUT2D eigenvalue weighted by molar-refractivity contribution is 6.32. The van der Waals surface area contributed by atoms with Crippen LogP contribution in [0.4, 0.5) is 8.78 Å². The van der Waals surface area contributed by atoms with Gasteiger partial charge in [-0.3, -0.25) is 0 Å². The molecule has 0 radical (unpaired) electrons. The monoisotopic (exact) mass is 290 g/mol. The molecule has 1 aromatic rings. The molecule has 0 amide bonds. The number of carbonyl (C=O) groups is 1. The van der Waals surface area contributed by atoms with Crippen LogP contribution in [0, 0.1) is 6.92 Å². The Morgan fingerprint density at radius 1 is 1.47 bits per heavy atom. The summed E-state index contributed by atoms with van der Waals surface area (Å²) in [6.45, 7) is 2.24. The quantitative estimate of drug-likeness (QED) is 0.615. The number of methoxy groups -OCH3 is 1. The number of rotatable bonds is 5. The van der Waals surface area contributed by atoms with Gasteiger partial charge in [0.2, 0.25) is 0 Å². The molecule has 3 nitrogen and oxygen atoms in total. The summed E-state index contributed by atoms with van der Waals surface area (Å²) >= 11 is 5.87. The summed E-state index contributed by atoms with van der Waals surface area (Å²) in [4.78, 5) is 11.2. The van der Waals surface area contributed by atoms with E-state index in [2.05, 4.69) is 16.1 Å². The van der Waals surface area contributed by atoms with Crippen LogP contribution in [0.3, 0.4) is 0 Å². The third kappa shape index (κ3) is 4.21.